The average Bonchev–Trinajstić information content (AvgIpc) is 2.30. The van der Waals surface area contributed by atoms with E-state index >= 15 is 0 Å². The van der Waals surface area contributed by atoms with Crippen molar-refractivity contribution in [1.29, 1.82) is 0 Å². The van der Waals surface area contributed by atoms with Crippen LogP contribution in [0.25, 0.3) is 0 Å². The normalized spacial score (nSPS) is 31.1. The number of nitrogens with one attached hydrogen (secondary N) is 1. The topological polar surface area (TPSA) is 58.6 Å². The molecule has 4 heteroatoms. The molecule has 0 aromatic rings. The van der Waals surface area contributed by atoms with Crippen molar-refractivity contribution < 1.29 is 14.6 Å². The molecule has 0 aromatic heterocycles. The highest BCUT2D eigenvalue weighted by atomic mass is 16.6. The SMILES string of the molecule is C=C[C@@H]1OC(=O)N[C@H]1CO. The summed E-state index contributed by atoms with van der Waals surface area (Å²) in [5.41, 5.74) is 0. The number of alkyl carbamates (subject to hydrolysis) is 1. The van der Waals surface area contributed by atoms with Crippen molar-refractivity contribution in [3.8, 4) is 0 Å². The molecule has 56 valence electrons. The summed E-state index contributed by atoms with van der Waals surface area (Å²) in [7, 11) is 0. The molecule has 0 aliphatic carbocycles. The Morgan fingerprint density at radius 1 is 1.90 bits per heavy atom. The highest BCUT2D eigenvalue weighted by Crippen LogP contribution is 2.08. The van der Waals surface area contributed by atoms with Gasteiger partial charge in [0, 0.05) is 0 Å². The van der Waals surface area contributed by atoms with E-state index in [2.05, 4.69) is 16.6 Å². The lowest BCUT2D eigenvalue weighted by Crippen LogP contribution is -2.33. The Labute approximate surface area is 58.5 Å². The number of aliphatic hydroxyl groups excluding tert-OH is 1. The number of cyclic esters (lactones) is 1. The van der Waals surface area contributed by atoms with Gasteiger partial charge in [0.15, 0.2) is 0 Å². The predicted molar refractivity (Wildman–Crippen MR) is 34.5 cm³/mol. The van der Waals surface area contributed by atoms with Gasteiger partial charge in [0.25, 0.3) is 0 Å². The molecule has 1 rings (SSSR count). The number of amides is 1. The maximum atomic E-state index is 10.5. The average molecular weight is 143 g/mol. The molecule has 1 amide bonds. The molecule has 0 saturated carbocycles. The lowest BCUT2D eigenvalue weighted by Gasteiger charge is -2.07. The molecular formula is C6H9NO3. The minimum Gasteiger partial charge on any atom is -0.440 e. The van der Waals surface area contributed by atoms with E-state index in [9.17, 15) is 4.79 Å². The van der Waals surface area contributed by atoms with Gasteiger partial charge in [0.2, 0.25) is 0 Å². The first-order valence-corrected chi connectivity index (χ1v) is 2.98. The molecule has 0 spiro atoms. The first kappa shape index (κ1) is 7.08. The third-order valence-corrected chi connectivity index (χ3v) is 1.37. The van der Waals surface area contributed by atoms with Crippen molar-refractivity contribution in [3.05, 3.63) is 12.7 Å². The second kappa shape index (κ2) is 2.70. The van der Waals surface area contributed by atoms with Gasteiger partial charge in [-0.1, -0.05) is 6.58 Å². The molecule has 10 heavy (non-hydrogen) atoms. The molecule has 4 nitrogen and oxygen atoms in total. The van der Waals surface area contributed by atoms with E-state index in [1.807, 2.05) is 0 Å². The lowest BCUT2D eigenvalue weighted by atomic mass is 10.2. The van der Waals surface area contributed by atoms with Crippen LogP contribution in [0.1, 0.15) is 0 Å². The molecule has 1 heterocycles. The minimum atomic E-state index is -0.496. The van der Waals surface area contributed by atoms with E-state index < -0.39 is 12.2 Å². The molecule has 1 aliphatic heterocycles. The van der Waals surface area contributed by atoms with Crippen LogP contribution in [0.2, 0.25) is 0 Å². The fourth-order valence-corrected chi connectivity index (χ4v) is 0.835. The van der Waals surface area contributed by atoms with E-state index in [1.165, 1.54) is 6.08 Å². The number of carbonyl (C=O) groups is 1. The van der Waals surface area contributed by atoms with Crippen LogP contribution in [0.4, 0.5) is 4.79 Å². The number of hydrogen-bond acceptors (Lipinski definition) is 3. The zero-order chi connectivity index (χ0) is 7.56. The summed E-state index contributed by atoms with van der Waals surface area (Å²) in [6.45, 7) is 3.32. The monoisotopic (exact) mass is 143 g/mol. The molecule has 1 saturated heterocycles. The number of aliphatic hydroxyl groups is 1. The van der Waals surface area contributed by atoms with E-state index in [0.717, 1.165) is 0 Å². The number of ether oxygens (including phenoxy) is 1. The Bertz CT molecular complexity index is 157. The fraction of sp³-hybridized carbons (Fsp3) is 0.500. The Hall–Kier alpha value is -1.03. The van der Waals surface area contributed by atoms with Crippen molar-refractivity contribution in [3.63, 3.8) is 0 Å². The van der Waals surface area contributed by atoms with Crippen molar-refractivity contribution in [1.82, 2.24) is 5.32 Å². The third-order valence-electron chi connectivity index (χ3n) is 1.37. The standard InChI is InChI=1S/C6H9NO3/c1-2-5-4(3-8)7-6(9)10-5/h2,4-5,8H,1,3H2,(H,7,9)/t4-,5-/m0/s1. The maximum absolute atomic E-state index is 10.5. The summed E-state index contributed by atoms with van der Waals surface area (Å²) in [5.74, 6) is 0. The smallest absolute Gasteiger partial charge is 0.408 e. The lowest BCUT2D eigenvalue weighted by molar-refractivity contribution is 0.144. The summed E-state index contributed by atoms with van der Waals surface area (Å²) in [6.07, 6.45) is 0.597. The van der Waals surface area contributed by atoms with Crippen LogP contribution in [0.3, 0.4) is 0 Å². The zero-order valence-corrected chi connectivity index (χ0v) is 5.41. The summed E-state index contributed by atoms with van der Waals surface area (Å²) < 4.78 is 4.69. The Kier molecular flexibility index (Phi) is 1.91. The minimum absolute atomic E-state index is 0.123. The first-order chi connectivity index (χ1) is 4.77. The van der Waals surface area contributed by atoms with E-state index in [1.54, 1.807) is 0 Å². The molecular weight excluding hydrogens is 134 g/mol. The van der Waals surface area contributed by atoms with Gasteiger partial charge in [-0.2, -0.15) is 0 Å². The molecule has 1 aliphatic rings. The van der Waals surface area contributed by atoms with Gasteiger partial charge in [0.1, 0.15) is 6.10 Å². The molecule has 0 radical (unpaired) electrons. The number of rotatable bonds is 2. The van der Waals surface area contributed by atoms with Gasteiger partial charge in [0.05, 0.1) is 12.6 Å². The van der Waals surface area contributed by atoms with Crippen LogP contribution < -0.4 is 5.32 Å². The van der Waals surface area contributed by atoms with Gasteiger partial charge >= 0.3 is 6.09 Å². The Balaban J connectivity index is 2.56. The largest absolute Gasteiger partial charge is 0.440 e. The number of hydrogen-bond donors (Lipinski definition) is 2. The molecule has 2 N–H and O–H groups in total. The molecule has 2 atom stereocenters. The van der Waals surface area contributed by atoms with Crippen LogP contribution in [0.15, 0.2) is 12.7 Å². The zero-order valence-electron chi connectivity index (χ0n) is 5.41. The van der Waals surface area contributed by atoms with E-state index in [0.29, 0.717) is 0 Å². The summed E-state index contributed by atoms with van der Waals surface area (Å²) in [6, 6.07) is -0.329. The summed E-state index contributed by atoms with van der Waals surface area (Å²) in [5, 5.41) is 11.1. The van der Waals surface area contributed by atoms with Crippen molar-refractivity contribution >= 4 is 6.09 Å². The molecule has 0 aromatic carbocycles. The number of carbonyl (C=O) groups excluding carboxylic acids is 1. The van der Waals surface area contributed by atoms with Gasteiger partial charge in [-0.25, -0.2) is 4.79 Å². The molecule has 0 bridgehead atoms. The van der Waals surface area contributed by atoms with Crippen molar-refractivity contribution in [2.24, 2.45) is 0 Å². The van der Waals surface area contributed by atoms with E-state index in [4.69, 9.17) is 5.11 Å². The summed E-state index contributed by atoms with van der Waals surface area (Å²) >= 11 is 0. The van der Waals surface area contributed by atoms with Gasteiger partial charge < -0.3 is 15.2 Å². The van der Waals surface area contributed by atoms with Crippen LogP contribution in [0, 0.1) is 0 Å². The third kappa shape index (κ3) is 1.11. The molecule has 1 fully saturated rings. The van der Waals surface area contributed by atoms with Crippen LogP contribution in [-0.2, 0) is 4.74 Å². The second-order valence-electron chi connectivity index (χ2n) is 2.04. The first-order valence-electron chi connectivity index (χ1n) is 2.98. The highest BCUT2D eigenvalue weighted by molar-refractivity contribution is 5.70. The Morgan fingerprint density at radius 2 is 2.60 bits per heavy atom. The highest BCUT2D eigenvalue weighted by Gasteiger charge is 2.30. The predicted octanol–water partition coefficient (Wildman–Crippen LogP) is -0.358. The Morgan fingerprint density at radius 3 is 3.00 bits per heavy atom. The van der Waals surface area contributed by atoms with E-state index in [-0.39, 0.29) is 12.6 Å². The van der Waals surface area contributed by atoms with Crippen LogP contribution in [0.5, 0.6) is 0 Å². The van der Waals surface area contributed by atoms with Gasteiger partial charge in [-0.3, -0.25) is 0 Å². The molecule has 0 unspecified atom stereocenters. The van der Waals surface area contributed by atoms with Crippen molar-refractivity contribution in [2.45, 2.75) is 12.1 Å². The second-order valence-corrected chi connectivity index (χ2v) is 2.04. The van der Waals surface area contributed by atoms with Gasteiger partial charge in [-0.05, 0) is 6.08 Å². The maximum Gasteiger partial charge on any atom is 0.408 e. The van der Waals surface area contributed by atoms with Crippen LogP contribution >= 0.6 is 0 Å². The van der Waals surface area contributed by atoms with Gasteiger partial charge in [-0.15, -0.1) is 0 Å². The fourth-order valence-electron chi connectivity index (χ4n) is 0.835. The summed E-state index contributed by atoms with van der Waals surface area (Å²) in [4.78, 5) is 10.5. The van der Waals surface area contributed by atoms with Crippen molar-refractivity contribution in [2.75, 3.05) is 6.61 Å². The van der Waals surface area contributed by atoms with Crippen LogP contribution in [-0.4, -0.2) is 30.0 Å². The quantitative estimate of drug-likeness (QED) is 0.519.